The second kappa shape index (κ2) is 11.0. The highest BCUT2D eigenvalue weighted by Gasteiger charge is 2.44. The Kier molecular flexibility index (Phi) is 8.71. The van der Waals surface area contributed by atoms with E-state index in [9.17, 15) is 14.4 Å². The number of carbonyl (C=O) groups is 3. The lowest BCUT2D eigenvalue weighted by Gasteiger charge is -2.40. The van der Waals surface area contributed by atoms with Gasteiger partial charge in [-0.05, 0) is 25.8 Å². The molecule has 0 aromatic rings. The van der Waals surface area contributed by atoms with E-state index < -0.39 is 42.5 Å². The number of carbonyl (C=O) groups excluding carboxylic acids is 3. The molecule has 3 unspecified atom stereocenters. The fraction of sp³-hybridized carbons (Fsp3) is 0.667. The van der Waals surface area contributed by atoms with Gasteiger partial charge in [0.15, 0.2) is 6.10 Å². The van der Waals surface area contributed by atoms with Crippen molar-refractivity contribution in [2.45, 2.75) is 71.6 Å². The lowest BCUT2D eigenvalue weighted by Crippen LogP contribution is -2.54. The molecule has 0 N–H and O–H groups in total. The Morgan fingerprint density at radius 1 is 1.13 bits per heavy atom. The molecule has 1 aliphatic carbocycles. The van der Waals surface area contributed by atoms with Crippen LogP contribution in [0.3, 0.4) is 0 Å². The van der Waals surface area contributed by atoms with Crippen molar-refractivity contribution in [3.05, 3.63) is 23.6 Å². The normalized spacial score (nSPS) is 26.0. The fourth-order valence-electron chi connectivity index (χ4n) is 3.42. The van der Waals surface area contributed by atoms with Gasteiger partial charge in [0.25, 0.3) is 0 Å². The van der Waals surface area contributed by atoms with E-state index in [2.05, 4.69) is 11.8 Å². The van der Waals surface area contributed by atoms with Gasteiger partial charge in [-0.3, -0.25) is 14.4 Å². The predicted molar refractivity (Wildman–Crippen MR) is 106 cm³/mol. The maximum atomic E-state index is 11.6. The monoisotopic (exact) mass is 425 g/mol. The van der Waals surface area contributed by atoms with Gasteiger partial charge in [-0.15, -0.1) is 0 Å². The molecule has 4 atom stereocenters. The van der Waals surface area contributed by atoms with Gasteiger partial charge in [0.1, 0.15) is 24.6 Å². The summed E-state index contributed by atoms with van der Waals surface area (Å²) in [7, 11) is 1.99. The maximum absolute atomic E-state index is 11.6. The summed E-state index contributed by atoms with van der Waals surface area (Å²) >= 11 is 0. The zero-order chi connectivity index (χ0) is 22.3. The minimum absolute atomic E-state index is 0.161. The summed E-state index contributed by atoms with van der Waals surface area (Å²) in [5.41, 5.74) is 1.05. The zero-order valence-corrected chi connectivity index (χ0v) is 18.2. The molecule has 0 amide bonds. The van der Waals surface area contributed by atoms with Gasteiger partial charge in [0.2, 0.25) is 6.29 Å². The lowest BCUT2D eigenvalue weighted by molar-refractivity contribution is -0.256. The molecule has 1 heterocycles. The molecule has 0 spiro atoms. The Hall–Kier alpha value is -2.55. The first kappa shape index (κ1) is 23.7. The van der Waals surface area contributed by atoms with Crippen LogP contribution >= 0.6 is 0 Å². The van der Waals surface area contributed by atoms with E-state index >= 15 is 0 Å². The third kappa shape index (κ3) is 6.76. The molecule has 9 nitrogen and oxygen atoms in total. The average Bonchev–Trinajstić information content (AvgIpc) is 2.67. The summed E-state index contributed by atoms with van der Waals surface area (Å²) in [5.74, 6) is -0.906. The number of hydrogen-bond donors (Lipinski definition) is 0. The predicted octanol–water partition coefficient (Wildman–Crippen LogP) is 2.06. The molecule has 0 aromatic heterocycles. The van der Waals surface area contributed by atoms with Crippen molar-refractivity contribution in [1.82, 2.24) is 4.90 Å². The first-order valence-electron chi connectivity index (χ1n) is 10.1. The highest BCUT2D eigenvalue weighted by Crippen LogP contribution is 2.31. The third-order valence-electron chi connectivity index (χ3n) is 4.85. The highest BCUT2D eigenvalue weighted by molar-refractivity contribution is 5.67. The fourth-order valence-corrected chi connectivity index (χ4v) is 3.42. The molecular formula is C21H31NO8. The number of allylic oxidation sites excluding steroid dienone is 3. The van der Waals surface area contributed by atoms with E-state index in [1.807, 2.05) is 19.2 Å². The van der Waals surface area contributed by atoms with E-state index in [4.69, 9.17) is 23.7 Å². The zero-order valence-electron chi connectivity index (χ0n) is 18.2. The van der Waals surface area contributed by atoms with Crippen LogP contribution in [-0.2, 0) is 38.1 Å². The number of hydrogen-bond acceptors (Lipinski definition) is 9. The van der Waals surface area contributed by atoms with Crippen molar-refractivity contribution in [3.8, 4) is 0 Å². The van der Waals surface area contributed by atoms with Gasteiger partial charge in [-0.2, -0.15) is 0 Å². The van der Waals surface area contributed by atoms with E-state index in [-0.39, 0.29) is 13.0 Å². The quantitative estimate of drug-likeness (QED) is 0.427. The first-order chi connectivity index (χ1) is 14.2. The number of esters is 3. The largest absolute Gasteiger partial charge is 0.463 e. The Labute approximate surface area is 176 Å². The summed E-state index contributed by atoms with van der Waals surface area (Å²) in [6.45, 7) is 6.50. The summed E-state index contributed by atoms with van der Waals surface area (Å²) < 4.78 is 27.9. The Morgan fingerprint density at radius 3 is 2.43 bits per heavy atom. The smallest absolute Gasteiger partial charge is 0.303 e. The molecule has 30 heavy (non-hydrogen) atoms. The van der Waals surface area contributed by atoms with Crippen molar-refractivity contribution in [3.63, 3.8) is 0 Å². The van der Waals surface area contributed by atoms with Crippen molar-refractivity contribution in [2.24, 2.45) is 0 Å². The topological polar surface area (TPSA) is 101 Å². The Bertz CT molecular complexity index is 701. The first-order valence-corrected chi connectivity index (χ1v) is 10.1. The van der Waals surface area contributed by atoms with Gasteiger partial charge >= 0.3 is 17.9 Å². The van der Waals surface area contributed by atoms with Crippen LogP contribution in [0.15, 0.2) is 23.6 Å². The van der Waals surface area contributed by atoms with E-state index in [1.54, 1.807) is 0 Å². The van der Waals surface area contributed by atoms with Crippen LogP contribution in [0.1, 0.15) is 47.0 Å². The summed E-state index contributed by atoms with van der Waals surface area (Å²) in [6.07, 6.45) is 2.49. The van der Waals surface area contributed by atoms with Gasteiger partial charge in [-0.25, -0.2) is 0 Å². The average molecular weight is 425 g/mol. The van der Waals surface area contributed by atoms with Crippen LogP contribution in [0.2, 0.25) is 0 Å². The van der Waals surface area contributed by atoms with Crippen LogP contribution in [0.4, 0.5) is 0 Å². The minimum atomic E-state index is -0.917. The van der Waals surface area contributed by atoms with Crippen molar-refractivity contribution in [1.29, 1.82) is 0 Å². The molecule has 0 saturated carbocycles. The Morgan fingerprint density at radius 2 is 1.83 bits per heavy atom. The molecule has 2 aliphatic rings. The highest BCUT2D eigenvalue weighted by atomic mass is 16.7. The van der Waals surface area contributed by atoms with Crippen molar-refractivity contribution < 1.29 is 38.1 Å². The summed E-state index contributed by atoms with van der Waals surface area (Å²) in [6, 6.07) is 0. The number of nitrogens with zero attached hydrogens (tertiary/aromatic N) is 1. The molecule has 168 valence electrons. The molecule has 1 aliphatic heterocycles. The van der Waals surface area contributed by atoms with Gasteiger partial charge in [0.05, 0.1) is 12.1 Å². The number of rotatable bonds is 8. The van der Waals surface area contributed by atoms with Crippen molar-refractivity contribution >= 4 is 17.9 Å². The SMILES string of the molecule is CCN(C)C1=C(OC2CC(OC(C)=O)[C@@H](OC(C)=O)C(COC(C)=O)O2)C=CCC1. The molecule has 1 saturated heterocycles. The molecule has 2 rings (SSSR count). The minimum Gasteiger partial charge on any atom is -0.463 e. The van der Waals surface area contributed by atoms with Crippen LogP contribution in [0.25, 0.3) is 0 Å². The molecule has 0 aromatic carbocycles. The third-order valence-corrected chi connectivity index (χ3v) is 4.85. The second-order valence-corrected chi connectivity index (χ2v) is 7.25. The van der Waals surface area contributed by atoms with Crippen LogP contribution in [-0.4, -0.2) is 67.6 Å². The Balaban J connectivity index is 2.26. The number of ether oxygens (including phenoxy) is 5. The standard InChI is InChI=1S/C21H31NO8/c1-6-22(5)16-9-7-8-10-17(16)29-20-11-18(27-14(3)24)21(28-15(4)25)19(30-20)12-26-13(2)23/h8,10,18-21H,6-7,9,11-12H2,1-5H3/t18?,19?,20?,21-/m1/s1. The van der Waals surface area contributed by atoms with E-state index in [1.165, 1.54) is 20.8 Å². The summed E-state index contributed by atoms with van der Waals surface area (Å²) in [4.78, 5) is 36.6. The van der Waals surface area contributed by atoms with E-state index in [0.29, 0.717) is 5.76 Å². The van der Waals surface area contributed by atoms with Crippen LogP contribution in [0, 0.1) is 0 Å². The van der Waals surface area contributed by atoms with Crippen molar-refractivity contribution in [2.75, 3.05) is 20.2 Å². The second-order valence-electron chi connectivity index (χ2n) is 7.25. The maximum Gasteiger partial charge on any atom is 0.303 e. The molecule has 1 fully saturated rings. The van der Waals surface area contributed by atoms with E-state index in [0.717, 1.165) is 25.1 Å². The molecule has 9 heteroatoms. The van der Waals surface area contributed by atoms with Gasteiger partial charge in [-0.1, -0.05) is 6.08 Å². The van der Waals surface area contributed by atoms with Gasteiger partial charge < -0.3 is 28.6 Å². The van der Waals surface area contributed by atoms with Crippen LogP contribution < -0.4 is 0 Å². The summed E-state index contributed by atoms with van der Waals surface area (Å²) in [5, 5.41) is 0. The lowest BCUT2D eigenvalue weighted by atomic mass is 10.0. The van der Waals surface area contributed by atoms with Crippen LogP contribution in [0.5, 0.6) is 0 Å². The van der Waals surface area contributed by atoms with Gasteiger partial charge in [0, 0.05) is 34.4 Å². The molecule has 0 radical (unpaired) electrons. The molecule has 0 bridgehead atoms. The molecular weight excluding hydrogens is 394 g/mol.